The summed E-state index contributed by atoms with van der Waals surface area (Å²) >= 11 is 0. The molecule has 0 fully saturated rings. The van der Waals surface area contributed by atoms with Crippen molar-refractivity contribution in [1.29, 1.82) is 0 Å². The maximum absolute atomic E-state index is 2.51. The third kappa shape index (κ3) is 6.85. The lowest BCUT2D eigenvalue weighted by molar-refractivity contribution is 0.803. The molecule has 7 rings (SSSR count). The van der Waals surface area contributed by atoms with Crippen LogP contribution in [0.4, 0.5) is 11.4 Å². The average Bonchev–Trinajstić information content (AvgIpc) is 3.43. The summed E-state index contributed by atoms with van der Waals surface area (Å²) in [6.45, 7) is 4.44. The molecule has 0 radical (unpaired) electrons. The SMILES string of the molecule is C/C=C(\C=C/C(C)c1ccc(N(C2=Cc3ccccc3CC2)C2C=CC=CC=C2)cc1)N(C1=Cc2ccccc2CC1)c1ccccc1. The van der Waals surface area contributed by atoms with Crippen LogP contribution in [-0.4, -0.2) is 6.04 Å². The quantitative estimate of drug-likeness (QED) is 0.171. The first kappa shape index (κ1) is 31.3. The number of anilines is 2. The zero-order chi connectivity index (χ0) is 32.7. The predicted octanol–water partition coefficient (Wildman–Crippen LogP) is 11.6. The second-order valence-corrected chi connectivity index (χ2v) is 12.8. The van der Waals surface area contributed by atoms with Gasteiger partial charge in [0.25, 0.3) is 0 Å². The average molecular weight is 625 g/mol. The Morgan fingerprint density at radius 1 is 0.625 bits per heavy atom. The molecular formula is C46H44N2. The number of benzene rings is 4. The van der Waals surface area contributed by atoms with Gasteiger partial charge in [-0.05, 0) is 109 Å². The van der Waals surface area contributed by atoms with Crippen LogP contribution in [0.5, 0.6) is 0 Å². The van der Waals surface area contributed by atoms with Gasteiger partial charge in [0.05, 0.1) is 6.04 Å². The van der Waals surface area contributed by atoms with Gasteiger partial charge in [0, 0.05) is 28.5 Å². The highest BCUT2D eigenvalue weighted by molar-refractivity contribution is 5.71. The summed E-state index contributed by atoms with van der Waals surface area (Å²) in [5.74, 6) is 0.254. The predicted molar refractivity (Wildman–Crippen MR) is 206 cm³/mol. The van der Waals surface area contributed by atoms with E-state index in [1.54, 1.807) is 0 Å². The van der Waals surface area contributed by atoms with E-state index in [4.69, 9.17) is 0 Å². The molecule has 1 unspecified atom stereocenters. The van der Waals surface area contributed by atoms with Crippen LogP contribution in [0.3, 0.4) is 0 Å². The fraction of sp³-hybridized carbons (Fsp3) is 0.174. The Labute approximate surface area is 286 Å². The van der Waals surface area contributed by atoms with E-state index in [1.165, 1.54) is 56.3 Å². The molecule has 48 heavy (non-hydrogen) atoms. The van der Waals surface area contributed by atoms with Gasteiger partial charge in [-0.25, -0.2) is 0 Å². The summed E-state index contributed by atoms with van der Waals surface area (Å²) in [6, 6.07) is 37.7. The Bertz CT molecular complexity index is 1930. The second kappa shape index (κ2) is 14.6. The van der Waals surface area contributed by atoms with Gasteiger partial charge in [-0.1, -0.05) is 134 Å². The maximum atomic E-state index is 2.51. The van der Waals surface area contributed by atoms with Crippen LogP contribution in [-0.2, 0) is 12.8 Å². The van der Waals surface area contributed by atoms with Crippen LogP contribution in [0, 0.1) is 0 Å². The van der Waals surface area contributed by atoms with Gasteiger partial charge in [-0.15, -0.1) is 0 Å². The molecule has 0 aromatic heterocycles. The zero-order valence-corrected chi connectivity index (χ0v) is 28.0. The largest absolute Gasteiger partial charge is 0.335 e. The molecule has 3 aliphatic carbocycles. The Morgan fingerprint density at radius 3 is 1.85 bits per heavy atom. The molecule has 0 spiro atoms. The minimum absolute atomic E-state index is 0.155. The molecule has 0 saturated heterocycles. The molecule has 0 aliphatic heterocycles. The molecule has 0 saturated carbocycles. The van der Waals surface area contributed by atoms with Crippen molar-refractivity contribution in [2.45, 2.75) is 51.5 Å². The lowest BCUT2D eigenvalue weighted by atomic mass is 9.93. The minimum atomic E-state index is 0.155. The summed E-state index contributed by atoms with van der Waals surface area (Å²) < 4.78 is 0. The summed E-state index contributed by atoms with van der Waals surface area (Å²) in [5.41, 5.74) is 13.1. The van der Waals surface area contributed by atoms with E-state index >= 15 is 0 Å². The van der Waals surface area contributed by atoms with Crippen LogP contribution < -0.4 is 9.80 Å². The molecule has 4 aromatic carbocycles. The Morgan fingerprint density at radius 2 is 1.21 bits per heavy atom. The molecule has 0 N–H and O–H groups in total. The number of aryl methyl sites for hydroxylation is 2. The van der Waals surface area contributed by atoms with Gasteiger partial charge in [0.2, 0.25) is 0 Å². The molecule has 1 atom stereocenters. The molecule has 4 aromatic rings. The van der Waals surface area contributed by atoms with Gasteiger partial charge in [0.15, 0.2) is 0 Å². The van der Waals surface area contributed by atoms with Gasteiger partial charge < -0.3 is 9.80 Å². The molecule has 3 aliphatic rings. The standard InChI is InChI=1S/C46H44N2/c1-3-41(47(42-21-9-6-10-22-42)45-31-26-37-15-11-13-17-39(37)33-45)28-23-35(2)36-24-29-44(30-25-36)48(43-19-7-4-5-8-20-43)46-32-27-38-16-12-14-18-40(38)34-46/h3-25,28-30,33-35,43H,26-27,31-32H2,1-2H3/b28-23-,41-3+. The van der Waals surface area contributed by atoms with Crippen LogP contribution in [0.25, 0.3) is 12.2 Å². The first-order valence-electron chi connectivity index (χ1n) is 17.4. The molecular weight excluding hydrogens is 581 g/mol. The normalized spacial score (nSPS) is 16.5. The highest BCUT2D eigenvalue weighted by Gasteiger charge is 2.23. The van der Waals surface area contributed by atoms with E-state index < -0.39 is 0 Å². The first-order chi connectivity index (χ1) is 23.7. The molecule has 2 nitrogen and oxygen atoms in total. The molecule has 0 bridgehead atoms. The van der Waals surface area contributed by atoms with Crippen molar-refractivity contribution in [1.82, 2.24) is 0 Å². The van der Waals surface area contributed by atoms with Crippen molar-refractivity contribution in [3.8, 4) is 0 Å². The van der Waals surface area contributed by atoms with Gasteiger partial charge in [-0.2, -0.15) is 0 Å². The van der Waals surface area contributed by atoms with E-state index in [2.05, 4.69) is 194 Å². The lowest BCUT2D eigenvalue weighted by Crippen LogP contribution is -2.32. The number of nitrogens with zero attached hydrogens (tertiary/aromatic N) is 2. The Kier molecular flexibility index (Phi) is 9.52. The third-order valence-corrected chi connectivity index (χ3v) is 9.72. The number of para-hydroxylation sites is 1. The van der Waals surface area contributed by atoms with Crippen molar-refractivity contribution in [3.05, 3.63) is 203 Å². The van der Waals surface area contributed by atoms with Gasteiger partial charge in [0.1, 0.15) is 0 Å². The van der Waals surface area contributed by atoms with Crippen molar-refractivity contribution in [2.75, 3.05) is 9.80 Å². The van der Waals surface area contributed by atoms with E-state index in [9.17, 15) is 0 Å². The van der Waals surface area contributed by atoms with Crippen LogP contribution >= 0.6 is 0 Å². The van der Waals surface area contributed by atoms with E-state index in [1.807, 2.05) is 0 Å². The number of hydrogen-bond acceptors (Lipinski definition) is 2. The number of fused-ring (bicyclic) bond motifs is 2. The van der Waals surface area contributed by atoms with Gasteiger partial charge >= 0.3 is 0 Å². The number of allylic oxidation sites excluding steroid dienone is 9. The zero-order valence-electron chi connectivity index (χ0n) is 28.0. The molecule has 2 heteroatoms. The molecule has 238 valence electrons. The van der Waals surface area contributed by atoms with E-state index in [0.29, 0.717) is 0 Å². The molecule has 0 amide bonds. The lowest BCUT2D eigenvalue weighted by Gasteiger charge is -2.34. The smallest absolute Gasteiger partial charge is 0.0709 e. The van der Waals surface area contributed by atoms with Gasteiger partial charge in [-0.3, -0.25) is 0 Å². The maximum Gasteiger partial charge on any atom is 0.0709 e. The van der Waals surface area contributed by atoms with Crippen molar-refractivity contribution in [3.63, 3.8) is 0 Å². The monoisotopic (exact) mass is 624 g/mol. The van der Waals surface area contributed by atoms with Crippen molar-refractivity contribution < 1.29 is 0 Å². The minimum Gasteiger partial charge on any atom is -0.335 e. The van der Waals surface area contributed by atoms with Crippen molar-refractivity contribution in [2.24, 2.45) is 0 Å². The highest BCUT2D eigenvalue weighted by Crippen LogP contribution is 2.35. The van der Waals surface area contributed by atoms with Crippen molar-refractivity contribution >= 4 is 23.5 Å². The summed E-state index contributed by atoms with van der Waals surface area (Å²) in [4.78, 5) is 4.94. The number of rotatable bonds is 9. The van der Waals surface area contributed by atoms with E-state index in [-0.39, 0.29) is 12.0 Å². The van der Waals surface area contributed by atoms with E-state index in [0.717, 1.165) is 25.7 Å². The highest BCUT2D eigenvalue weighted by atomic mass is 15.2. The fourth-order valence-electron chi connectivity index (χ4n) is 7.10. The van der Waals surface area contributed by atoms with Crippen LogP contribution in [0.15, 0.2) is 175 Å². The van der Waals surface area contributed by atoms with Crippen LogP contribution in [0.1, 0.15) is 60.4 Å². The summed E-state index contributed by atoms with van der Waals surface area (Å²) in [6.07, 6.45) is 28.9. The first-order valence-corrected chi connectivity index (χ1v) is 17.4. The van der Waals surface area contributed by atoms with Crippen LogP contribution in [0.2, 0.25) is 0 Å². The fourth-order valence-corrected chi connectivity index (χ4v) is 7.10. The Hall–Kier alpha value is -5.34. The second-order valence-electron chi connectivity index (χ2n) is 12.8. The summed E-state index contributed by atoms with van der Waals surface area (Å²) in [7, 11) is 0. The molecule has 0 heterocycles. The number of hydrogen-bond donors (Lipinski definition) is 0. The third-order valence-electron chi connectivity index (χ3n) is 9.72. The summed E-state index contributed by atoms with van der Waals surface area (Å²) in [5, 5.41) is 0. The Balaban J connectivity index is 1.15. The topological polar surface area (TPSA) is 6.48 Å².